The molecule has 0 bridgehead atoms. The van der Waals surface area contributed by atoms with Crippen LogP contribution in [-0.4, -0.2) is 44.2 Å². The number of nitrogens with zero attached hydrogens (tertiary/aromatic N) is 1. The Morgan fingerprint density at radius 3 is 3.00 bits per heavy atom. The van der Waals surface area contributed by atoms with Crippen molar-refractivity contribution >= 4 is 17.5 Å². The quantitative estimate of drug-likeness (QED) is 0.890. The molecule has 2 heterocycles. The Hall–Kier alpha value is -2.08. The van der Waals surface area contributed by atoms with Gasteiger partial charge in [-0.2, -0.15) is 0 Å². The normalized spacial score (nSPS) is 23.3. The Balaban J connectivity index is 1.56. The first-order chi connectivity index (χ1) is 11.1. The molecule has 6 heteroatoms. The molecule has 0 saturated carbocycles. The van der Waals surface area contributed by atoms with E-state index in [0.29, 0.717) is 31.4 Å². The zero-order valence-electron chi connectivity index (χ0n) is 13.3. The molecule has 6 nitrogen and oxygen atoms in total. The third kappa shape index (κ3) is 3.64. The summed E-state index contributed by atoms with van der Waals surface area (Å²) in [7, 11) is 0. The zero-order chi connectivity index (χ0) is 16.2. The molecule has 23 heavy (non-hydrogen) atoms. The Kier molecular flexibility index (Phi) is 4.81. The maximum Gasteiger partial charge on any atom is 0.267 e. The van der Waals surface area contributed by atoms with E-state index in [2.05, 4.69) is 5.32 Å². The van der Waals surface area contributed by atoms with Gasteiger partial charge in [0.25, 0.3) is 5.91 Å². The van der Waals surface area contributed by atoms with Crippen LogP contribution >= 0.6 is 0 Å². The van der Waals surface area contributed by atoms with E-state index in [0.717, 1.165) is 18.7 Å². The molecule has 124 valence electrons. The van der Waals surface area contributed by atoms with E-state index in [1.54, 1.807) is 11.8 Å². The fourth-order valence-corrected chi connectivity index (χ4v) is 2.89. The number of fused-ring (bicyclic) bond motifs is 1. The molecular formula is C17H22N2O4. The molecule has 2 aliphatic heterocycles. The van der Waals surface area contributed by atoms with Crippen LogP contribution in [0, 0.1) is 5.92 Å². The lowest BCUT2D eigenvalue weighted by Gasteiger charge is -2.32. The zero-order valence-corrected chi connectivity index (χ0v) is 13.3. The van der Waals surface area contributed by atoms with Crippen molar-refractivity contribution in [3.05, 3.63) is 24.3 Å². The monoisotopic (exact) mass is 318 g/mol. The van der Waals surface area contributed by atoms with Crippen LogP contribution in [0.3, 0.4) is 0 Å². The van der Waals surface area contributed by atoms with Crippen LogP contribution in [0.15, 0.2) is 24.3 Å². The largest absolute Gasteiger partial charge is 0.479 e. The average molecular weight is 318 g/mol. The minimum atomic E-state index is -0.524. The molecule has 1 aromatic rings. The van der Waals surface area contributed by atoms with Crippen molar-refractivity contribution in [2.24, 2.45) is 5.92 Å². The van der Waals surface area contributed by atoms with Gasteiger partial charge in [-0.05, 0) is 25.5 Å². The number of benzene rings is 1. The Morgan fingerprint density at radius 1 is 1.39 bits per heavy atom. The van der Waals surface area contributed by atoms with Crippen molar-refractivity contribution < 1.29 is 19.1 Å². The van der Waals surface area contributed by atoms with Gasteiger partial charge in [0, 0.05) is 32.0 Å². The molecule has 1 saturated heterocycles. The SMILES string of the molecule is CC1Oc2ccccc2N(CCC(=O)NCC2CCOC2)C1=O. The molecule has 1 fully saturated rings. The van der Waals surface area contributed by atoms with Gasteiger partial charge in [0.2, 0.25) is 5.91 Å². The van der Waals surface area contributed by atoms with Crippen LogP contribution in [0.25, 0.3) is 0 Å². The first-order valence-electron chi connectivity index (χ1n) is 8.06. The number of anilines is 1. The van der Waals surface area contributed by atoms with Crippen molar-refractivity contribution in [1.82, 2.24) is 5.32 Å². The second kappa shape index (κ2) is 7.00. The van der Waals surface area contributed by atoms with Crippen molar-refractivity contribution in [3.63, 3.8) is 0 Å². The van der Waals surface area contributed by atoms with Gasteiger partial charge < -0.3 is 19.7 Å². The number of carbonyl (C=O) groups excluding carboxylic acids is 2. The fourth-order valence-electron chi connectivity index (χ4n) is 2.89. The molecule has 2 unspecified atom stereocenters. The van der Waals surface area contributed by atoms with E-state index in [-0.39, 0.29) is 18.2 Å². The smallest absolute Gasteiger partial charge is 0.267 e. The van der Waals surface area contributed by atoms with Crippen LogP contribution < -0.4 is 15.0 Å². The van der Waals surface area contributed by atoms with E-state index in [1.165, 1.54) is 0 Å². The summed E-state index contributed by atoms with van der Waals surface area (Å²) in [4.78, 5) is 26.0. The highest BCUT2D eigenvalue weighted by molar-refractivity contribution is 6.00. The summed E-state index contributed by atoms with van der Waals surface area (Å²) in [5.74, 6) is 0.940. The highest BCUT2D eigenvalue weighted by atomic mass is 16.5. The van der Waals surface area contributed by atoms with Crippen molar-refractivity contribution in [1.29, 1.82) is 0 Å². The topological polar surface area (TPSA) is 67.9 Å². The summed E-state index contributed by atoms with van der Waals surface area (Å²) in [5.41, 5.74) is 0.729. The van der Waals surface area contributed by atoms with Gasteiger partial charge in [-0.25, -0.2) is 0 Å². The van der Waals surface area contributed by atoms with Gasteiger partial charge in [0.1, 0.15) is 5.75 Å². The third-order valence-electron chi connectivity index (χ3n) is 4.25. The summed E-state index contributed by atoms with van der Waals surface area (Å²) in [6, 6.07) is 7.41. The summed E-state index contributed by atoms with van der Waals surface area (Å²) in [6.07, 6.45) is 0.747. The van der Waals surface area contributed by atoms with E-state index in [4.69, 9.17) is 9.47 Å². The Labute approximate surface area is 135 Å². The maximum atomic E-state index is 12.3. The molecular weight excluding hydrogens is 296 g/mol. The standard InChI is InChI=1S/C17H22N2O4/c1-12-17(21)19(14-4-2-3-5-15(14)23-12)8-6-16(20)18-10-13-7-9-22-11-13/h2-5,12-13H,6-11H2,1H3,(H,18,20). The fraction of sp³-hybridized carbons (Fsp3) is 0.529. The number of para-hydroxylation sites is 2. The first-order valence-corrected chi connectivity index (χ1v) is 8.06. The van der Waals surface area contributed by atoms with Gasteiger partial charge in [-0.15, -0.1) is 0 Å². The van der Waals surface area contributed by atoms with Gasteiger partial charge >= 0.3 is 0 Å². The number of carbonyl (C=O) groups is 2. The van der Waals surface area contributed by atoms with Crippen LogP contribution in [0.4, 0.5) is 5.69 Å². The highest BCUT2D eigenvalue weighted by Gasteiger charge is 2.31. The lowest BCUT2D eigenvalue weighted by atomic mass is 10.1. The molecule has 0 aromatic heterocycles. The Bertz CT molecular complexity index is 584. The molecule has 3 rings (SSSR count). The second-order valence-corrected chi connectivity index (χ2v) is 6.00. The van der Waals surface area contributed by atoms with Crippen LogP contribution in [0.5, 0.6) is 5.75 Å². The predicted octanol–water partition coefficient (Wildman–Crippen LogP) is 1.34. The summed E-state index contributed by atoms with van der Waals surface area (Å²) >= 11 is 0. The van der Waals surface area contributed by atoms with E-state index in [9.17, 15) is 9.59 Å². The molecule has 0 radical (unpaired) electrons. The average Bonchev–Trinajstić information content (AvgIpc) is 3.07. The second-order valence-electron chi connectivity index (χ2n) is 6.00. The number of nitrogens with one attached hydrogen (secondary N) is 1. The minimum Gasteiger partial charge on any atom is -0.479 e. The van der Waals surface area contributed by atoms with E-state index in [1.807, 2.05) is 24.3 Å². The van der Waals surface area contributed by atoms with Gasteiger partial charge in [-0.1, -0.05) is 12.1 Å². The van der Waals surface area contributed by atoms with Crippen molar-refractivity contribution in [3.8, 4) is 5.75 Å². The summed E-state index contributed by atoms with van der Waals surface area (Å²) in [6.45, 7) is 4.22. The molecule has 1 aromatic carbocycles. The number of amides is 2. The summed E-state index contributed by atoms with van der Waals surface area (Å²) < 4.78 is 10.9. The predicted molar refractivity (Wildman–Crippen MR) is 85.4 cm³/mol. The number of hydrogen-bond acceptors (Lipinski definition) is 4. The van der Waals surface area contributed by atoms with Crippen molar-refractivity contribution in [2.75, 3.05) is 31.2 Å². The summed E-state index contributed by atoms with van der Waals surface area (Å²) in [5, 5.41) is 2.93. The van der Waals surface area contributed by atoms with Crippen molar-refractivity contribution in [2.45, 2.75) is 25.9 Å². The molecule has 1 N–H and O–H groups in total. The van der Waals surface area contributed by atoms with Gasteiger partial charge in [0.15, 0.2) is 6.10 Å². The molecule has 2 aliphatic rings. The minimum absolute atomic E-state index is 0.0404. The number of hydrogen-bond donors (Lipinski definition) is 1. The maximum absolute atomic E-state index is 12.3. The lowest BCUT2D eigenvalue weighted by Crippen LogP contribution is -2.46. The molecule has 2 atom stereocenters. The van der Waals surface area contributed by atoms with Crippen LogP contribution in [0.2, 0.25) is 0 Å². The number of rotatable bonds is 5. The van der Waals surface area contributed by atoms with Gasteiger partial charge in [0.05, 0.1) is 12.3 Å². The Morgan fingerprint density at radius 2 is 2.22 bits per heavy atom. The third-order valence-corrected chi connectivity index (χ3v) is 4.25. The van der Waals surface area contributed by atoms with E-state index < -0.39 is 6.10 Å². The van der Waals surface area contributed by atoms with E-state index >= 15 is 0 Å². The van der Waals surface area contributed by atoms with Crippen LogP contribution in [0.1, 0.15) is 19.8 Å². The van der Waals surface area contributed by atoms with Gasteiger partial charge in [-0.3, -0.25) is 9.59 Å². The number of ether oxygens (including phenoxy) is 2. The highest BCUT2D eigenvalue weighted by Crippen LogP contribution is 2.33. The molecule has 0 spiro atoms. The lowest BCUT2D eigenvalue weighted by molar-refractivity contribution is -0.125. The molecule has 2 amide bonds. The molecule has 0 aliphatic carbocycles. The van der Waals surface area contributed by atoms with Crippen LogP contribution in [-0.2, 0) is 14.3 Å². The first kappa shape index (κ1) is 15.8.